The lowest BCUT2D eigenvalue weighted by molar-refractivity contribution is 0.0845. The molecule has 0 fully saturated rings. The molecule has 0 amide bonds. The van der Waals surface area contributed by atoms with E-state index in [1.54, 1.807) is 6.20 Å². The number of aliphatic hydroxyl groups excluding tert-OH is 1. The van der Waals surface area contributed by atoms with Gasteiger partial charge in [-0.1, -0.05) is 109 Å². The molecular formula is C56H87BrN4O6Si3. The summed E-state index contributed by atoms with van der Waals surface area (Å²) in [5.74, 6) is 0. The number of fused-ring (bicyclic) bond motifs is 3. The predicted molar refractivity (Wildman–Crippen MR) is 308 cm³/mol. The van der Waals surface area contributed by atoms with Crippen molar-refractivity contribution in [3.05, 3.63) is 119 Å². The van der Waals surface area contributed by atoms with Gasteiger partial charge < -0.3 is 33.6 Å². The second-order valence-electron chi connectivity index (χ2n) is 22.7. The maximum Gasteiger partial charge on any atom is 0.192 e. The highest BCUT2D eigenvalue weighted by Gasteiger charge is 2.38. The number of anilines is 1. The van der Waals surface area contributed by atoms with Gasteiger partial charge in [-0.2, -0.15) is 0 Å². The van der Waals surface area contributed by atoms with E-state index in [0.29, 0.717) is 44.7 Å². The van der Waals surface area contributed by atoms with Crippen LogP contribution in [0.3, 0.4) is 0 Å². The Bertz CT molecular complexity index is 2420. The number of alkyl halides is 1. The van der Waals surface area contributed by atoms with E-state index in [4.69, 9.17) is 33.6 Å². The molecule has 70 heavy (non-hydrogen) atoms. The molecule has 0 unspecified atom stereocenters. The van der Waals surface area contributed by atoms with E-state index in [9.17, 15) is 0 Å². The topological polar surface area (TPSA) is 131 Å². The van der Waals surface area contributed by atoms with Crippen LogP contribution in [0.5, 0.6) is 0 Å². The van der Waals surface area contributed by atoms with Crippen LogP contribution >= 0.6 is 15.9 Å². The molecule has 3 N–H and O–H groups in total. The number of aliphatic hydroxyl groups is 1. The molecule has 10 nitrogen and oxygen atoms in total. The Labute approximate surface area is 433 Å². The van der Waals surface area contributed by atoms with Gasteiger partial charge in [-0.25, -0.2) is 0 Å². The third-order valence-electron chi connectivity index (χ3n) is 13.6. The molecule has 386 valence electrons. The van der Waals surface area contributed by atoms with E-state index < -0.39 is 25.0 Å². The Morgan fingerprint density at radius 3 is 1.20 bits per heavy atom. The van der Waals surface area contributed by atoms with Crippen LogP contribution in [-0.4, -0.2) is 83.4 Å². The van der Waals surface area contributed by atoms with E-state index in [1.807, 2.05) is 61.8 Å². The molecule has 6 aromatic rings. The van der Waals surface area contributed by atoms with Gasteiger partial charge in [-0.3, -0.25) is 15.0 Å². The zero-order chi connectivity index (χ0) is 52.6. The number of nitrogen functional groups attached to an aromatic ring is 1. The zero-order valence-corrected chi connectivity index (χ0v) is 50.4. The van der Waals surface area contributed by atoms with Crippen molar-refractivity contribution < 1.29 is 27.9 Å². The second-order valence-corrected chi connectivity index (χ2v) is 37.9. The fraction of sp³-hybridized carbons (Fsp3) is 0.518. The van der Waals surface area contributed by atoms with E-state index >= 15 is 0 Å². The van der Waals surface area contributed by atoms with Gasteiger partial charge in [0.2, 0.25) is 0 Å². The summed E-state index contributed by atoms with van der Waals surface area (Å²) in [6.45, 7) is 42.5. The quantitative estimate of drug-likeness (QED) is 0.0418. The Hall–Kier alpha value is -3.42. The Morgan fingerprint density at radius 1 is 0.486 bits per heavy atom. The number of benzene rings is 3. The molecule has 3 aromatic carbocycles. The fourth-order valence-electron chi connectivity index (χ4n) is 6.02. The molecule has 0 saturated heterocycles. The number of hydrogen-bond donors (Lipinski definition) is 2. The maximum atomic E-state index is 8.91. The Balaban J connectivity index is 0.000000259. The van der Waals surface area contributed by atoms with Crippen molar-refractivity contribution in [1.82, 2.24) is 15.0 Å². The van der Waals surface area contributed by atoms with Crippen LogP contribution in [0.25, 0.3) is 32.7 Å². The van der Waals surface area contributed by atoms with Gasteiger partial charge >= 0.3 is 0 Å². The zero-order valence-electron chi connectivity index (χ0n) is 45.8. The molecule has 3 aromatic heterocycles. The van der Waals surface area contributed by atoms with E-state index in [2.05, 4.69) is 170 Å². The summed E-state index contributed by atoms with van der Waals surface area (Å²) in [6, 6.07) is 24.4. The number of pyridine rings is 3. The lowest BCUT2D eigenvalue weighted by Gasteiger charge is -2.36. The highest BCUT2D eigenvalue weighted by atomic mass is 79.9. The first-order valence-electron chi connectivity index (χ1n) is 24.6. The number of hydrogen-bond acceptors (Lipinski definition) is 10. The van der Waals surface area contributed by atoms with E-state index in [0.717, 1.165) is 67.0 Å². The molecular weight excluding hydrogens is 989 g/mol. The van der Waals surface area contributed by atoms with Crippen molar-refractivity contribution in [3.8, 4) is 0 Å². The van der Waals surface area contributed by atoms with Crippen LogP contribution in [0.4, 0.5) is 5.69 Å². The molecule has 0 saturated carbocycles. The van der Waals surface area contributed by atoms with Crippen molar-refractivity contribution in [2.75, 3.05) is 44.1 Å². The van der Waals surface area contributed by atoms with Gasteiger partial charge in [-0.05, 0) is 139 Å². The minimum Gasteiger partial charge on any atom is -0.416 e. The number of halogens is 1. The Kier molecular flexibility index (Phi) is 23.5. The lowest BCUT2D eigenvalue weighted by atomic mass is 10.1. The molecule has 0 bridgehead atoms. The number of nitrogens with two attached hydrogens (primary N) is 1. The van der Waals surface area contributed by atoms with Crippen LogP contribution in [0.15, 0.2) is 91.4 Å². The molecule has 3 heterocycles. The van der Waals surface area contributed by atoms with Gasteiger partial charge in [-0.15, -0.1) is 0 Å². The Morgan fingerprint density at radius 2 is 0.829 bits per heavy atom. The third-order valence-corrected chi connectivity index (χ3v) is 27.6. The molecule has 0 aliphatic rings. The summed E-state index contributed by atoms with van der Waals surface area (Å²) in [5.41, 5.74) is 14.9. The van der Waals surface area contributed by atoms with Crippen LogP contribution in [-0.2, 0) is 42.6 Å². The number of aromatic nitrogens is 3. The van der Waals surface area contributed by atoms with E-state index in [1.165, 1.54) is 11.1 Å². The van der Waals surface area contributed by atoms with Crippen LogP contribution < -0.4 is 5.73 Å². The molecule has 0 radical (unpaired) electrons. The highest BCUT2D eigenvalue weighted by Crippen LogP contribution is 2.38. The largest absolute Gasteiger partial charge is 0.416 e. The number of nitrogens with zero attached hydrogens (tertiary/aromatic N) is 3. The smallest absolute Gasteiger partial charge is 0.192 e. The number of aryl methyl sites for hydroxylation is 2. The molecule has 0 atom stereocenters. The van der Waals surface area contributed by atoms with Gasteiger partial charge in [0.05, 0.1) is 62.8 Å². The predicted octanol–water partition coefficient (Wildman–Crippen LogP) is 14.9. The average molecular weight is 1080 g/mol. The summed E-state index contributed by atoms with van der Waals surface area (Å²) < 4.78 is 29.5. The summed E-state index contributed by atoms with van der Waals surface area (Å²) in [6.07, 6.45) is 5.45. The van der Waals surface area contributed by atoms with Crippen molar-refractivity contribution in [2.45, 2.75) is 150 Å². The fourth-order valence-corrected chi connectivity index (χ4v) is 9.58. The standard InChI is InChI=1S/C19H29NO2Si.C18H28N2O2Si.C11H11NO.C8H19BrOSi/c1-15-7-8-17-12-16(13-20-18(17)11-15)14-21-9-10-22-23(5,6)19(2,3)4;1-18(2,3)23(4,5)22-9-8-21-13-14-10-15-6-7-16(19)11-17(15)20-12-14;1-8-2-3-10-5-9(7-13)6-12-11(10)4-8;1-8(2,3)11(4,5)10-7-6-9/h7-8,11-13H,9-10,14H2,1-6H3;6-7,10-12H,8-9,13,19H2,1-5H3;2-6,13H,7H2,1H3;6-7H2,1-5H3. The second kappa shape index (κ2) is 27.0. The minimum atomic E-state index is -1.68. The molecule has 0 aliphatic carbocycles. The summed E-state index contributed by atoms with van der Waals surface area (Å²) in [4.78, 5) is 13.2. The maximum absolute atomic E-state index is 8.91. The van der Waals surface area contributed by atoms with Gasteiger partial charge in [0.1, 0.15) is 0 Å². The molecule has 0 spiro atoms. The van der Waals surface area contributed by atoms with Gasteiger partial charge in [0, 0.05) is 52.4 Å². The van der Waals surface area contributed by atoms with Crippen molar-refractivity contribution in [1.29, 1.82) is 0 Å². The van der Waals surface area contributed by atoms with Crippen LogP contribution in [0.2, 0.25) is 54.4 Å². The highest BCUT2D eigenvalue weighted by molar-refractivity contribution is 9.09. The third kappa shape index (κ3) is 19.9. The van der Waals surface area contributed by atoms with Crippen molar-refractivity contribution in [2.24, 2.45) is 0 Å². The summed E-state index contributed by atoms with van der Waals surface area (Å²) in [7, 11) is -4.80. The first-order chi connectivity index (χ1) is 32.5. The normalized spacial score (nSPS) is 12.5. The lowest BCUT2D eigenvalue weighted by Crippen LogP contribution is -2.41. The average Bonchev–Trinajstić information content (AvgIpc) is 3.27. The van der Waals surface area contributed by atoms with Crippen molar-refractivity contribution >= 4 is 79.3 Å². The summed E-state index contributed by atoms with van der Waals surface area (Å²) in [5, 5.41) is 14.0. The molecule has 6 rings (SSSR count). The number of rotatable bonds is 16. The minimum absolute atomic E-state index is 0.0524. The molecule has 0 aliphatic heterocycles. The number of ether oxygens (including phenoxy) is 2. The van der Waals surface area contributed by atoms with Gasteiger partial charge in [0.25, 0.3) is 0 Å². The van der Waals surface area contributed by atoms with Crippen LogP contribution in [0.1, 0.15) is 90.1 Å². The molecule has 14 heteroatoms. The SMILES string of the molecule is CC(C)(C)[Si](C)(C)OCCBr.CC(C)(C)[Si](C)(C)OCCOCc1cnc2cc(N)ccc2c1.Cc1ccc2cc(CO)cnc2c1.Cc1ccc2cc(COCCO[Si](C)(C)C(C)(C)C)cnc2c1. The van der Waals surface area contributed by atoms with E-state index in [-0.39, 0.29) is 16.7 Å². The van der Waals surface area contributed by atoms with Gasteiger partial charge in [0.15, 0.2) is 25.0 Å². The summed E-state index contributed by atoms with van der Waals surface area (Å²) >= 11 is 3.37. The van der Waals surface area contributed by atoms with Crippen LogP contribution in [0, 0.1) is 13.8 Å². The first kappa shape index (κ1) is 60.9. The first-order valence-corrected chi connectivity index (χ1v) is 34.4. The monoisotopic (exact) mass is 1070 g/mol. The van der Waals surface area contributed by atoms with Crippen molar-refractivity contribution in [3.63, 3.8) is 0 Å².